The van der Waals surface area contributed by atoms with Gasteiger partial charge in [-0.2, -0.15) is 0 Å². The van der Waals surface area contributed by atoms with Gasteiger partial charge in [-0.15, -0.1) is 0 Å². The molecule has 9 atom stereocenters. The molecule has 0 saturated carbocycles. The number of hydrogen-bond donors (Lipinski definition) is 8. The number of hydrogen-bond acceptors (Lipinski definition) is 10. The van der Waals surface area contributed by atoms with Crippen LogP contribution in [-0.4, -0.2) is 110 Å². The van der Waals surface area contributed by atoms with Crippen molar-refractivity contribution < 1.29 is 50.0 Å². The molecule has 0 aromatic heterocycles. The Morgan fingerprint density at radius 2 is 0.722 bits per heavy atom. The highest BCUT2D eigenvalue weighted by Crippen LogP contribution is 2.24. The van der Waals surface area contributed by atoms with E-state index < -0.39 is 74.2 Å². The molecule has 0 aromatic rings. The number of ether oxygens (including phenoxy) is 2. The summed E-state index contributed by atoms with van der Waals surface area (Å²) < 4.78 is 11.1. The molecule has 1 rings (SSSR count). The normalized spacial score (nSPS) is 19.9. The van der Waals surface area contributed by atoms with Crippen molar-refractivity contribution in [2.45, 2.75) is 371 Å². The minimum atomic E-state index is -1.66. The summed E-state index contributed by atoms with van der Waals surface area (Å²) in [4.78, 5) is 13.2. The first-order valence-electron chi connectivity index (χ1n) is 31.4. The molecule has 0 spiro atoms. The van der Waals surface area contributed by atoms with E-state index in [4.69, 9.17) is 9.47 Å². The van der Waals surface area contributed by atoms with Crippen LogP contribution in [0.4, 0.5) is 0 Å². The van der Waals surface area contributed by atoms with Crippen LogP contribution in [0.25, 0.3) is 0 Å². The predicted molar refractivity (Wildman–Crippen MR) is 298 cm³/mol. The van der Waals surface area contributed by atoms with Crippen LogP contribution in [0.5, 0.6) is 0 Å². The molecule has 1 fully saturated rings. The lowest BCUT2D eigenvalue weighted by Crippen LogP contribution is -2.60. The van der Waals surface area contributed by atoms with E-state index in [1.807, 2.05) is 0 Å². The summed E-state index contributed by atoms with van der Waals surface area (Å²) in [5.74, 6) is -0.689. The molecule has 1 aliphatic heterocycles. The maximum atomic E-state index is 13.2. The van der Waals surface area contributed by atoms with Gasteiger partial charge in [0.05, 0.1) is 25.4 Å². The van der Waals surface area contributed by atoms with Crippen molar-refractivity contribution >= 4 is 5.91 Å². The maximum absolute atomic E-state index is 13.2. The van der Waals surface area contributed by atoms with Gasteiger partial charge in [0.1, 0.15) is 36.6 Å². The van der Waals surface area contributed by atoms with Crippen molar-refractivity contribution in [3.63, 3.8) is 0 Å². The van der Waals surface area contributed by atoms with E-state index in [0.717, 1.165) is 38.5 Å². The number of amides is 1. The minimum Gasteiger partial charge on any atom is -0.394 e. The molecule has 0 bridgehead atoms. The van der Waals surface area contributed by atoms with Crippen molar-refractivity contribution in [3.8, 4) is 0 Å². The number of carbonyl (C=O) groups excluding carboxylic acids is 1. The van der Waals surface area contributed by atoms with Crippen LogP contribution in [0.3, 0.4) is 0 Å². The van der Waals surface area contributed by atoms with Crippen molar-refractivity contribution in [2.75, 3.05) is 13.2 Å². The van der Waals surface area contributed by atoms with E-state index in [2.05, 4.69) is 19.2 Å². The van der Waals surface area contributed by atoms with Crippen molar-refractivity contribution in [1.29, 1.82) is 0 Å². The zero-order valence-electron chi connectivity index (χ0n) is 47.2. The summed E-state index contributed by atoms with van der Waals surface area (Å²) >= 11 is 0. The van der Waals surface area contributed by atoms with Crippen molar-refractivity contribution in [2.24, 2.45) is 0 Å². The summed E-state index contributed by atoms with van der Waals surface area (Å²) in [5, 5.41) is 76.1. The minimum absolute atomic E-state index is 0.267. The Morgan fingerprint density at radius 3 is 1.03 bits per heavy atom. The highest BCUT2D eigenvalue weighted by molar-refractivity contribution is 5.80. The Bertz CT molecular complexity index is 1130. The average molecular weight is 1030 g/mol. The van der Waals surface area contributed by atoms with Crippen molar-refractivity contribution in [3.05, 3.63) is 0 Å². The summed E-state index contributed by atoms with van der Waals surface area (Å²) in [5.41, 5.74) is 0. The van der Waals surface area contributed by atoms with Crippen LogP contribution >= 0.6 is 0 Å². The molecule has 0 radical (unpaired) electrons. The smallest absolute Gasteiger partial charge is 0.249 e. The molecular formula is C61H121NO10. The molecule has 11 heteroatoms. The molecule has 8 N–H and O–H groups in total. The Kier molecular flexibility index (Phi) is 48.9. The first-order valence-corrected chi connectivity index (χ1v) is 31.4. The van der Waals surface area contributed by atoms with Crippen molar-refractivity contribution in [1.82, 2.24) is 5.32 Å². The lowest BCUT2D eigenvalue weighted by atomic mass is 9.98. The van der Waals surface area contributed by atoms with E-state index in [1.54, 1.807) is 0 Å². The molecular weight excluding hydrogens is 907 g/mol. The van der Waals surface area contributed by atoms with Crippen LogP contribution in [0.1, 0.15) is 316 Å². The van der Waals surface area contributed by atoms with E-state index in [9.17, 15) is 40.5 Å². The summed E-state index contributed by atoms with van der Waals surface area (Å²) in [7, 11) is 0. The molecule has 11 nitrogen and oxygen atoms in total. The van der Waals surface area contributed by atoms with E-state index in [-0.39, 0.29) is 6.42 Å². The number of carbonyl (C=O) groups is 1. The quantitative estimate of drug-likeness (QED) is 0.0272. The third-order valence-electron chi connectivity index (χ3n) is 15.7. The number of aliphatic hydroxyl groups excluding tert-OH is 7. The second-order valence-corrected chi connectivity index (χ2v) is 22.5. The fraction of sp³-hybridized carbons (Fsp3) is 0.984. The molecule has 0 aromatic carbocycles. The highest BCUT2D eigenvalue weighted by Gasteiger charge is 2.44. The first-order chi connectivity index (χ1) is 35.2. The van der Waals surface area contributed by atoms with E-state index in [1.165, 1.54) is 238 Å². The summed E-state index contributed by atoms with van der Waals surface area (Å²) in [6.45, 7) is 3.49. The molecule has 9 unspecified atom stereocenters. The highest BCUT2D eigenvalue weighted by atomic mass is 16.7. The zero-order valence-corrected chi connectivity index (χ0v) is 47.2. The third kappa shape index (κ3) is 38.6. The van der Waals surface area contributed by atoms with Gasteiger partial charge in [-0.05, 0) is 12.8 Å². The zero-order chi connectivity index (χ0) is 52.5. The first kappa shape index (κ1) is 69.1. The Morgan fingerprint density at radius 1 is 0.431 bits per heavy atom. The second kappa shape index (κ2) is 50.9. The Hall–Kier alpha value is -0.890. The Labute approximate surface area is 443 Å². The van der Waals surface area contributed by atoms with Gasteiger partial charge in [0.25, 0.3) is 0 Å². The Balaban J connectivity index is 2.15. The maximum Gasteiger partial charge on any atom is 0.249 e. The van der Waals surface area contributed by atoms with Gasteiger partial charge in [-0.3, -0.25) is 4.79 Å². The molecule has 1 aliphatic rings. The molecule has 1 heterocycles. The summed E-state index contributed by atoms with van der Waals surface area (Å²) in [6.07, 6.45) is 47.6. The lowest BCUT2D eigenvalue weighted by molar-refractivity contribution is -0.303. The fourth-order valence-electron chi connectivity index (χ4n) is 10.6. The lowest BCUT2D eigenvalue weighted by Gasteiger charge is -2.40. The third-order valence-corrected chi connectivity index (χ3v) is 15.7. The standard InChI is InChI=1S/C61H121NO10/c1-3-5-7-9-11-13-15-17-18-19-20-21-22-23-24-25-26-27-28-29-30-31-32-33-34-35-37-39-41-43-45-47-49-54(65)60(70)62-52(51-71-61-59(69)58(68)57(67)55(50-63)72-61)56(66)53(64)48-46-44-42-40-38-36-16-14-12-10-8-6-4-2/h52-59,61,63-69H,3-51H2,1-2H3,(H,62,70). The van der Waals surface area contributed by atoms with Gasteiger partial charge >= 0.3 is 0 Å². The van der Waals surface area contributed by atoms with Gasteiger partial charge in [0.2, 0.25) is 5.91 Å². The van der Waals surface area contributed by atoms with E-state index >= 15 is 0 Å². The van der Waals surface area contributed by atoms with Crippen LogP contribution < -0.4 is 5.32 Å². The predicted octanol–water partition coefficient (Wildman–Crippen LogP) is 13.7. The monoisotopic (exact) mass is 1030 g/mol. The number of nitrogens with one attached hydrogen (secondary N) is 1. The largest absolute Gasteiger partial charge is 0.394 e. The SMILES string of the molecule is CCCCCCCCCCCCCCCCCCCCCCCCCCCCCCCCCCC(O)C(=O)NC(COC1OC(CO)C(O)C(O)C1O)C(O)C(O)CCCCCCCCCCCCCCC. The molecule has 72 heavy (non-hydrogen) atoms. The number of aliphatic hydroxyl groups is 7. The van der Waals surface area contributed by atoms with Crippen LogP contribution in [0.2, 0.25) is 0 Å². The van der Waals surface area contributed by atoms with Gasteiger partial charge < -0.3 is 50.5 Å². The number of rotatable bonds is 55. The second-order valence-electron chi connectivity index (χ2n) is 22.5. The fourth-order valence-corrected chi connectivity index (χ4v) is 10.6. The molecule has 1 amide bonds. The molecule has 0 aliphatic carbocycles. The van der Waals surface area contributed by atoms with Crippen LogP contribution in [0, 0.1) is 0 Å². The molecule has 1 saturated heterocycles. The van der Waals surface area contributed by atoms with Gasteiger partial charge in [-0.25, -0.2) is 0 Å². The van der Waals surface area contributed by atoms with Gasteiger partial charge in [-0.1, -0.05) is 303 Å². The van der Waals surface area contributed by atoms with Crippen LogP contribution in [0.15, 0.2) is 0 Å². The van der Waals surface area contributed by atoms with Gasteiger partial charge in [0.15, 0.2) is 6.29 Å². The molecule has 430 valence electrons. The van der Waals surface area contributed by atoms with Gasteiger partial charge in [0, 0.05) is 0 Å². The van der Waals surface area contributed by atoms with Crippen LogP contribution in [-0.2, 0) is 14.3 Å². The topological polar surface area (TPSA) is 189 Å². The number of unbranched alkanes of at least 4 members (excludes halogenated alkanes) is 43. The summed E-state index contributed by atoms with van der Waals surface area (Å²) in [6, 6.07) is -1.16. The van der Waals surface area contributed by atoms with E-state index in [0.29, 0.717) is 19.3 Å². The average Bonchev–Trinajstić information content (AvgIpc) is 3.38.